The summed E-state index contributed by atoms with van der Waals surface area (Å²) in [7, 11) is -27.8. The summed E-state index contributed by atoms with van der Waals surface area (Å²) < 4.78 is 267. The smallest absolute Gasteiger partial charge is 0.206 e. The first-order chi connectivity index (χ1) is 20.2. The molecular formula is C18H10F12I2N2O8S4. The van der Waals surface area contributed by atoms with Crippen molar-refractivity contribution >= 4 is 85.3 Å². The summed E-state index contributed by atoms with van der Waals surface area (Å²) in [5, 5.41) is -15.8. The molecular weight excluding hydrogens is 982 g/mol. The minimum absolute atomic E-state index is 0.195. The van der Waals surface area contributed by atoms with Gasteiger partial charge in [-0.05, 0) is 93.7 Å². The molecule has 0 atom stereocenters. The number of hydrogen-bond donors (Lipinski definition) is 2. The van der Waals surface area contributed by atoms with Crippen LogP contribution in [-0.4, -0.2) is 67.9 Å². The third kappa shape index (κ3) is 6.67. The zero-order valence-electron chi connectivity index (χ0n) is 20.8. The zero-order chi connectivity index (χ0) is 36.4. The highest BCUT2D eigenvalue weighted by atomic mass is 127. The first-order valence-corrected chi connectivity index (χ1v) is 18.6. The molecule has 0 heterocycles. The SMILES string of the molecule is O=S(=O)(NS(=O)(=O)C(F)(F)C(F)(F)C(F)(F)C(F)(F)C(F)(F)C(F)(F)S(=O)(=O)NS(=O)(=O)c1ccc(I)cc1)c1ccc(I)cc1. The van der Waals surface area contributed by atoms with Gasteiger partial charge < -0.3 is 0 Å². The molecule has 0 aliphatic heterocycles. The number of hydrogen-bond acceptors (Lipinski definition) is 8. The van der Waals surface area contributed by atoms with E-state index in [-0.39, 0.29) is 15.4 Å². The molecule has 0 aromatic heterocycles. The van der Waals surface area contributed by atoms with Gasteiger partial charge in [0.15, 0.2) is 0 Å². The average molecular weight is 992 g/mol. The van der Waals surface area contributed by atoms with Crippen molar-refractivity contribution < 1.29 is 86.4 Å². The summed E-state index contributed by atoms with van der Waals surface area (Å²) in [6, 6.07) is 5.15. The maximum atomic E-state index is 14.4. The second-order valence-corrected chi connectivity index (χ2v) is 18.2. The van der Waals surface area contributed by atoms with Gasteiger partial charge in [-0.25, -0.2) is 33.7 Å². The molecule has 28 heteroatoms. The van der Waals surface area contributed by atoms with E-state index in [9.17, 15) is 86.4 Å². The lowest BCUT2D eigenvalue weighted by atomic mass is 9.98. The zero-order valence-corrected chi connectivity index (χ0v) is 28.4. The second kappa shape index (κ2) is 12.3. The van der Waals surface area contributed by atoms with Gasteiger partial charge in [-0.3, -0.25) is 0 Å². The van der Waals surface area contributed by atoms with Crippen LogP contribution in [0, 0.1) is 7.14 Å². The van der Waals surface area contributed by atoms with Crippen molar-refractivity contribution in [2.45, 2.75) is 44.0 Å². The molecule has 2 rings (SSSR count). The molecule has 0 fully saturated rings. The van der Waals surface area contributed by atoms with Crippen molar-refractivity contribution in [3.8, 4) is 0 Å². The molecule has 0 radical (unpaired) electrons. The summed E-state index contributed by atoms with van der Waals surface area (Å²) in [5.74, 6) is -34.3. The molecule has 0 bridgehead atoms. The Hall–Kier alpha value is -1.22. The summed E-state index contributed by atoms with van der Waals surface area (Å²) in [6.07, 6.45) is 0. The molecule has 46 heavy (non-hydrogen) atoms. The highest BCUT2D eigenvalue weighted by Gasteiger charge is 2.93. The van der Waals surface area contributed by atoms with E-state index in [0.717, 1.165) is 24.3 Å². The van der Waals surface area contributed by atoms with Gasteiger partial charge in [0.05, 0.1) is 9.79 Å². The quantitative estimate of drug-likeness (QED) is 0.219. The Balaban J connectivity index is 2.60. The van der Waals surface area contributed by atoms with E-state index in [2.05, 4.69) is 0 Å². The van der Waals surface area contributed by atoms with E-state index in [1.165, 1.54) is 45.2 Å². The van der Waals surface area contributed by atoms with Crippen LogP contribution in [0.4, 0.5) is 52.7 Å². The summed E-state index contributed by atoms with van der Waals surface area (Å²) >= 11 is 3.05. The van der Waals surface area contributed by atoms with Gasteiger partial charge in [0, 0.05) is 7.14 Å². The van der Waals surface area contributed by atoms with Gasteiger partial charge in [-0.1, -0.05) is 8.25 Å². The minimum atomic E-state index is -8.69. The Bertz CT molecular complexity index is 1790. The number of sulfonamides is 4. The molecule has 2 aromatic rings. The maximum absolute atomic E-state index is 14.4. The molecule has 0 aliphatic carbocycles. The van der Waals surface area contributed by atoms with Crippen LogP contribution in [0.25, 0.3) is 0 Å². The number of rotatable bonds is 13. The van der Waals surface area contributed by atoms with Crippen LogP contribution in [0.1, 0.15) is 0 Å². The van der Waals surface area contributed by atoms with E-state index in [0.29, 0.717) is 24.3 Å². The Morgan fingerprint density at radius 2 is 0.630 bits per heavy atom. The highest BCUT2D eigenvalue weighted by molar-refractivity contribution is 14.1. The Morgan fingerprint density at radius 1 is 0.413 bits per heavy atom. The van der Waals surface area contributed by atoms with Crippen molar-refractivity contribution in [1.29, 1.82) is 0 Å². The average Bonchev–Trinajstić information content (AvgIpc) is 2.87. The first-order valence-electron chi connectivity index (χ1n) is 10.5. The normalized spacial score (nSPS) is 15.2. The van der Waals surface area contributed by atoms with E-state index in [4.69, 9.17) is 0 Å². The third-order valence-corrected chi connectivity index (χ3v) is 13.9. The standard InChI is InChI=1S/C18H10F12I2N2O8S4/c19-13(20,15(23,24)17(27,28)45(39,40)33-43(35,36)11-5-1-9(31)2-6-11)14(21,22)16(25,26)18(29,30)46(41,42)34-44(37,38)12-7-3-10(32)4-8-12/h1-8,33-34H. The van der Waals surface area contributed by atoms with Crippen LogP contribution in [0.2, 0.25) is 0 Å². The number of halogens is 14. The van der Waals surface area contributed by atoms with E-state index >= 15 is 0 Å². The Kier molecular flexibility index (Phi) is 10.9. The van der Waals surface area contributed by atoms with Crippen molar-refractivity contribution in [1.82, 2.24) is 8.25 Å². The molecule has 0 aliphatic rings. The van der Waals surface area contributed by atoms with Gasteiger partial charge in [-0.2, -0.15) is 52.7 Å². The first kappa shape index (κ1) is 41.0. The Labute approximate surface area is 277 Å². The van der Waals surface area contributed by atoms with Gasteiger partial charge in [0.2, 0.25) is 0 Å². The lowest BCUT2D eigenvalue weighted by Crippen LogP contribution is -2.73. The van der Waals surface area contributed by atoms with Crippen LogP contribution < -0.4 is 8.25 Å². The number of nitrogens with one attached hydrogen (secondary N) is 2. The monoisotopic (exact) mass is 992 g/mol. The van der Waals surface area contributed by atoms with Crippen molar-refractivity contribution in [3.63, 3.8) is 0 Å². The maximum Gasteiger partial charge on any atom is 0.428 e. The predicted octanol–water partition coefficient (Wildman–Crippen LogP) is 4.54. The fourth-order valence-corrected chi connectivity index (χ4v) is 9.37. The topological polar surface area (TPSA) is 161 Å². The lowest BCUT2D eigenvalue weighted by Gasteiger charge is -2.40. The van der Waals surface area contributed by atoms with Crippen LogP contribution in [0.5, 0.6) is 0 Å². The van der Waals surface area contributed by atoms with Crippen molar-refractivity contribution in [2.75, 3.05) is 0 Å². The molecule has 0 amide bonds. The molecule has 10 nitrogen and oxygen atoms in total. The largest absolute Gasteiger partial charge is 0.428 e. The predicted molar refractivity (Wildman–Crippen MR) is 146 cm³/mol. The van der Waals surface area contributed by atoms with E-state index in [1.807, 2.05) is 0 Å². The van der Waals surface area contributed by atoms with Crippen LogP contribution >= 0.6 is 45.2 Å². The van der Waals surface area contributed by atoms with Crippen molar-refractivity contribution in [3.05, 3.63) is 55.7 Å². The minimum Gasteiger partial charge on any atom is -0.206 e. The van der Waals surface area contributed by atoms with Gasteiger partial charge >= 0.3 is 34.2 Å². The summed E-state index contributed by atoms with van der Waals surface area (Å²) in [5.41, 5.74) is 0. The third-order valence-electron chi connectivity index (χ3n) is 5.28. The van der Waals surface area contributed by atoms with Crippen LogP contribution in [0.15, 0.2) is 58.3 Å². The number of alkyl halides is 12. The molecule has 0 unspecified atom stereocenters. The molecule has 0 saturated heterocycles. The number of benzene rings is 2. The van der Waals surface area contributed by atoms with E-state index in [1.54, 1.807) is 0 Å². The van der Waals surface area contributed by atoms with Gasteiger partial charge in [0.1, 0.15) is 0 Å². The Morgan fingerprint density at radius 3 is 0.848 bits per heavy atom. The molecule has 0 saturated carbocycles. The molecule has 0 spiro atoms. The fourth-order valence-electron chi connectivity index (χ4n) is 2.81. The van der Waals surface area contributed by atoms with Crippen molar-refractivity contribution in [2.24, 2.45) is 0 Å². The van der Waals surface area contributed by atoms with Gasteiger partial charge in [-0.15, -0.1) is 0 Å². The fraction of sp³-hybridized carbons (Fsp3) is 0.333. The van der Waals surface area contributed by atoms with Gasteiger partial charge in [0.25, 0.3) is 40.1 Å². The van der Waals surface area contributed by atoms with Crippen LogP contribution in [0.3, 0.4) is 0 Å². The molecule has 262 valence electrons. The van der Waals surface area contributed by atoms with Crippen LogP contribution in [-0.2, 0) is 40.1 Å². The lowest BCUT2D eigenvalue weighted by molar-refractivity contribution is -0.407. The molecule has 2 aromatic carbocycles. The summed E-state index contributed by atoms with van der Waals surface area (Å²) in [6.45, 7) is 0. The second-order valence-electron chi connectivity index (χ2n) is 8.42. The molecule has 2 N–H and O–H groups in total. The highest BCUT2D eigenvalue weighted by Crippen LogP contribution is 2.61. The van der Waals surface area contributed by atoms with E-state index < -0.39 is 84.1 Å². The summed E-state index contributed by atoms with van der Waals surface area (Å²) in [4.78, 5) is -2.67.